The molecule has 2 aliphatic rings. The fourth-order valence-corrected chi connectivity index (χ4v) is 4.95. The van der Waals surface area contributed by atoms with Crippen LogP contribution in [0.25, 0.3) is 0 Å². The van der Waals surface area contributed by atoms with Gasteiger partial charge in [-0.2, -0.15) is 0 Å². The van der Waals surface area contributed by atoms with Gasteiger partial charge in [-0.15, -0.1) is 11.3 Å². The summed E-state index contributed by atoms with van der Waals surface area (Å²) in [5, 5.41) is 1.93. The van der Waals surface area contributed by atoms with Crippen molar-refractivity contribution in [2.45, 2.75) is 19.5 Å². The number of carbonyl (C=O) groups is 2. The molecule has 0 radical (unpaired) electrons. The summed E-state index contributed by atoms with van der Waals surface area (Å²) < 4.78 is 0. The van der Waals surface area contributed by atoms with Gasteiger partial charge >= 0.3 is 0 Å². The number of carbonyl (C=O) groups excluding carboxylic acids is 2. The predicted molar refractivity (Wildman–Crippen MR) is 120 cm³/mol. The van der Waals surface area contributed by atoms with E-state index >= 15 is 0 Å². The van der Waals surface area contributed by atoms with E-state index in [0.29, 0.717) is 13.1 Å². The Labute approximate surface area is 182 Å². The molecule has 2 saturated heterocycles. The molecule has 1 unspecified atom stereocenters. The maximum atomic E-state index is 13.1. The summed E-state index contributed by atoms with van der Waals surface area (Å²) in [5.41, 5.74) is 1.32. The Hall–Kier alpha value is -2.22. The van der Waals surface area contributed by atoms with E-state index in [1.54, 1.807) is 0 Å². The van der Waals surface area contributed by atoms with Crippen molar-refractivity contribution in [2.75, 3.05) is 52.4 Å². The molecule has 2 fully saturated rings. The monoisotopic (exact) mass is 426 g/mol. The Kier molecular flexibility index (Phi) is 6.82. The van der Waals surface area contributed by atoms with Gasteiger partial charge in [-0.25, -0.2) is 0 Å². The molecule has 0 aliphatic carbocycles. The highest BCUT2D eigenvalue weighted by Gasteiger charge is 2.31. The molecule has 1 aromatic carbocycles. The standard InChI is InChI=1S/C23H30N4O2S/c1-19(25-13-15-27(16-14-25)23(29)21-8-5-17-30-21)22(28)26-11-9-24(10-12-26)18-20-6-3-2-4-7-20/h2-8,17,19H,9-16,18H2,1H3. The molecule has 0 bridgehead atoms. The molecule has 1 atom stereocenters. The Morgan fingerprint density at radius 3 is 2.17 bits per heavy atom. The van der Waals surface area contributed by atoms with Gasteiger partial charge in [0, 0.05) is 58.9 Å². The van der Waals surface area contributed by atoms with Crippen LogP contribution < -0.4 is 0 Å². The molecule has 0 spiro atoms. The number of hydrogen-bond donors (Lipinski definition) is 0. The van der Waals surface area contributed by atoms with Crippen molar-refractivity contribution in [1.82, 2.24) is 19.6 Å². The van der Waals surface area contributed by atoms with E-state index in [1.165, 1.54) is 16.9 Å². The van der Waals surface area contributed by atoms with Gasteiger partial charge in [0.15, 0.2) is 0 Å². The van der Waals surface area contributed by atoms with Crippen LogP contribution in [-0.4, -0.2) is 89.8 Å². The number of rotatable bonds is 5. The molecule has 3 heterocycles. The first-order valence-corrected chi connectivity index (χ1v) is 11.6. The fraction of sp³-hybridized carbons (Fsp3) is 0.478. The van der Waals surface area contributed by atoms with Crippen molar-refractivity contribution in [3.63, 3.8) is 0 Å². The lowest BCUT2D eigenvalue weighted by Gasteiger charge is -2.41. The first-order valence-electron chi connectivity index (χ1n) is 10.7. The third-order valence-corrected chi connectivity index (χ3v) is 7.03. The summed E-state index contributed by atoms with van der Waals surface area (Å²) in [6, 6.07) is 14.2. The first kappa shape index (κ1) is 21.0. The van der Waals surface area contributed by atoms with Crippen LogP contribution in [0, 0.1) is 0 Å². The van der Waals surface area contributed by atoms with Crippen LogP contribution in [0.5, 0.6) is 0 Å². The lowest BCUT2D eigenvalue weighted by Crippen LogP contribution is -2.57. The van der Waals surface area contributed by atoms with Gasteiger partial charge < -0.3 is 9.80 Å². The van der Waals surface area contributed by atoms with Crippen LogP contribution in [0.1, 0.15) is 22.2 Å². The van der Waals surface area contributed by atoms with Crippen LogP contribution in [-0.2, 0) is 11.3 Å². The van der Waals surface area contributed by atoms with Crippen molar-refractivity contribution in [3.05, 3.63) is 58.3 Å². The minimum atomic E-state index is -0.135. The number of amides is 2. The minimum absolute atomic E-state index is 0.109. The van der Waals surface area contributed by atoms with Gasteiger partial charge in [0.25, 0.3) is 5.91 Å². The van der Waals surface area contributed by atoms with Crippen molar-refractivity contribution in [2.24, 2.45) is 0 Å². The summed E-state index contributed by atoms with van der Waals surface area (Å²) >= 11 is 1.49. The van der Waals surface area contributed by atoms with E-state index in [1.807, 2.05) is 40.3 Å². The Bertz CT molecular complexity index is 826. The quantitative estimate of drug-likeness (QED) is 0.736. The molecular formula is C23H30N4O2S. The Balaban J connectivity index is 1.23. The minimum Gasteiger partial charge on any atom is -0.339 e. The molecule has 0 N–H and O–H groups in total. The highest BCUT2D eigenvalue weighted by Crippen LogP contribution is 2.16. The molecule has 2 amide bonds. The van der Waals surface area contributed by atoms with Gasteiger partial charge in [-0.3, -0.25) is 19.4 Å². The number of nitrogens with zero attached hydrogens (tertiary/aromatic N) is 4. The molecule has 30 heavy (non-hydrogen) atoms. The highest BCUT2D eigenvalue weighted by atomic mass is 32.1. The topological polar surface area (TPSA) is 47.1 Å². The maximum absolute atomic E-state index is 13.1. The Morgan fingerprint density at radius 1 is 0.867 bits per heavy atom. The smallest absolute Gasteiger partial charge is 0.264 e. The third kappa shape index (κ3) is 4.91. The first-order chi connectivity index (χ1) is 14.6. The maximum Gasteiger partial charge on any atom is 0.264 e. The normalized spacial score (nSPS) is 19.6. The molecule has 2 aliphatic heterocycles. The van der Waals surface area contributed by atoms with Crippen molar-refractivity contribution in [1.29, 1.82) is 0 Å². The molecule has 0 saturated carbocycles. The second-order valence-electron chi connectivity index (χ2n) is 8.07. The van der Waals surface area contributed by atoms with E-state index in [-0.39, 0.29) is 17.9 Å². The lowest BCUT2D eigenvalue weighted by molar-refractivity contribution is -0.138. The van der Waals surface area contributed by atoms with E-state index in [9.17, 15) is 9.59 Å². The Morgan fingerprint density at radius 2 is 1.53 bits per heavy atom. The second-order valence-corrected chi connectivity index (χ2v) is 9.02. The van der Waals surface area contributed by atoms with Crippen LogP contribution in [0.4, 0.5) is 0 Å². The second kappa shape index (κ2) is 9.73. The molecule has 7 heteroatoms. The van der Waals surface area contributed by atoms with E-state index in [4.69, 9.17) is 0 Å². The average Bonchev–Trinajstić information content (AvgIpc) is 3.34. The van der Waals surface area contributed by atoms with Gasteiger partial charge in [0.1, 0.15) is 0 Å². The van der Waals surface area contributed by atoms with Crippen LogP contribution >= 0.6 is 11.3 Å². The summed E-state index contributed by atoms with van der Waals surface area (Å²) in [4.78, 5) is 34.9. The van der Waals surface area contributed by atoms with Gasteiger partial charge in [0.05, 0.1) is 10.9 Å². The van der Waals surface area contributed by atoms with Crippen molar-refractivity contribution >= 4 is 23.2 Å². The molecule has 2 aromatic rings. The van der Waals surface area contributed by atoms with Gasteiger partial charge in [-0.1, -0.05) is 36.4 Å². The summed E-state index contributed by atoms with van der Waals surface area (Å²) in [7, 11) is 0. The zero-order valence-electron chi connectivity index (χ0n) is 17.6. The van der Waals surface area contributed by atoms with E-state index in [0.717, 1.165) is 50.7 Å². The number of benzene rings is 1. The SMILES string of the molecule is CC(C(=O)N1CCN(Cc2ccccc2)CC1)N1CCN(C(=O)c2cccs2)CC1. The molecule has 4 rings (SSSR count). The predicted octanol–water partition coefficient (Wildman–Crippen LogP) is 2.24. The zero-order chi connectivity index (χ0) is 20.9. The average molecular weight is 427 g/mol. The van der Waals surface area contributed by atoms with Crippen LogP contribution in [0.15, 0.2) is 47.8 Å². The van der Waals surface area contributed by atoms with Crippen LogP contribution in [0.3, 0.4) is 0 Å². The fourth-order valence-electron chi connectivity index (χ4n) is 4.26. The number of hydrogen-bond acceptors (Lipinski definition) is 5. The van der Waals surface area contributed by atoms with Crippen LogP contribution in [0.2, 0.25) is 0 Å². The zero-order valence-corrected chi connectivity index (χ0v) is 18.4. The molecule has 160 valence electrons. The lowest BCUT2D eigenvalue weighted by atomic mass is 10.1. The molecule has 6 nitrogen and oxygen atoms in total. The summed E-state index contributed by atoms with van der Waals surface area (Å²) in [6.45, 7) is 9.20. The van der Waals surface area contributed by atoms with E-state index in [2.05, 4.69) is 34.1 Å². The molecular weight excluding hydrogens is 396 g/mol. The van der Waals surface area contributed by atoms with Crippen molar-refractivity contribution in [3.8, 4) is 0 Å². The third-order valence-electron chi connectivity index (χ3n) is 6.17. The van der Waals surface area contributed by atoms with Crippen molar-refractivity contribution < 1.29 is 9.59 Å². The highest BCUT2D eigenvalue weighted by molar-refractivity contribution is 7.12. The summed E-state index contributed by atoms with van der Waals surface area (Å²) in [6.07, 6.45) is 0. The van der Waals surface area contributed by atoms with Gasteiger partial charge in [-0.05, 0) is 23.9 Å². The number of piperazine rings is 2. The van der Waals surface area contributed by atoms with Gasteiger partial charge in [0.2, 0.25) is 5.91 Å². The largest absolute Gasteiger partial charge is 0.339 e. The van der Waals surface area contributed by atoms with E-state index < -0.39 is 0 Å². The number of thiophene rings is 1. The summed E-state index contributed by atoms with van der Waals surface area (Å²) in [5.74, 6) is 0.325. The molecule has 1 aromatic heterocycles.